The van der Waals surface area contributed by atoms with E-state index in [9.17, 15) is 5.11 Å². The van der Waals surface area contributed by atoms with Gasteiger partial charge in [0.15, 0.2) is 0 Å². The quantitative estimate of drug-likeness (QED) is 0.859. The van der Waals surface area contributed by atoms with E-state index in [1.165, 1.54) is 0 Å². The van der Waals surface area contributed by atoms with Crippen LogP contribution in [0.2, 0.25) is 5.02 Å². The maximum Gasteiger partial charge on any atom is 0.141 e. The van der Waals surface area contributed by atoms with Crippen LogP contribution in [0.15, 0.2) is 12.1 Å². The zero-order chi connectivity index (χ0) is 11.1. The molecule has 0 saturated heterocycles. The van der Waals surface area contributed by atoms with Crippen molar-refractivity contribution in [1.82, 2.24) is 0 Å². The molecule has 1 aromatic rings. The fraction of sp³-hybridized carbons (Fsp3) is 0.500. The first-order chi connectivity index (χ1) is 7.06. The molecule has 0 bridgehead atoms. The van der Waals surface area contributed by atoms with E-state index in [1.54, 1.807) is 7.11 Å². The van der Waals surface area contributed by atoms with Gasteiger partial charge in [-0.3, -0.25) is 0 Å². The van der Waals surface area contributed by atoms with Crippen LogP contribution in [0, 0.1) is 6.92 Å². The molecule has 1 aliphatic carbocycles. The number of hydrogen-bond donors (Lipinski definition) is 1. The van der Waals surface area contributed by atoms with E-state index in [1.807, 2.05) is 19.1 Å². The van der Waals surface area contributed by atoms with Crippen LogP contribution in [0.25, 0.3) is 0 Å². The minimum absolute atomic E-state index is 0.508. The molecule has 0 aromatic heterocycles. The lowest BCUT2D eigenvalue weighted by Crippen LogP contribution is -2.11. The van der Waals surface area contributed by atoms with Gasteiger partial charge >= 0.3 is 0 Å². The van der Waals surface area contributed by atoms with Gasteiger partial charge in [0.25, 0.3) is 0 Å². The van der Waals surface area contributed by atoms with E-state index in [4.69, 9.17) is 16.3 Å². The second-order valence-corrected chi connectivity index (χ2v) is 4.67. The average molecular weight is 227 g/mol. The molecule has 0 heterocycles. The van der Waals surface area contributed by atoms with Crippen molar-refractivity contribution in [3.63, 3.8) is 0 Å². The van der Waals surface area contributed by atoms with Crippen molar-refractivity contribution < 1.29 is 9.84 Å². The highest BCUT2D eigenvalue weighted by Crippen LogP contribution is 2.42. The van der Waals surface area contributed by atoms with Crippen LogP contribution in [-0.2, 0) is 6.42 Å². The van der Waals surface area contributed by atoms with Gasteiger partial charge in [-0.15, -0.1) is 0 Å². The fourth-order valence-corrected chi connectivity index (χ4v) is 1.99. The molecule has 1 fully saturated rings. The van der Waals surface area contributed by atoms with Gasteiger partial charge < -0.3 is 9.84 Å². The molecule has 0 radical (unpaired) electrons. The van der Waals surface area contributed by atoms with Crippen LogP contribution < -0.4 is 4.74 Å². The Bertz CT molecular complexity index is 383. The number of ether oxygens (including phenoxy) is 1. The molecule has 15 heavy (non-hydrogen) atoms. The van der Waals surface area contributed by atoms with E-state index >= 15 is 0 Å². The minimum Gasteiger partial charge on any atom is -0.495 e. The lowest BCUT2D eigenvalue weighted by atomic mass is 10.0. The number of rotatable bonds is 3. The monoisotopic (exact) mass is 226 g/mol. The fourth-order valence-electron chi connectivity index (χ4n) is 1.73. The maximum atomic E-state index is 9.86. The summed E-state index contributed by atoms with van der Waals surface area (Å²) in [6.07, 6.45) is 2.39. The van der Waals surface area contributed by atoms with Crippen LogP contribution >= 0.6 is 11.6 Å². The third-order valence-electron chi connectivity index (χ3n) is 2.92. The molecule has 3 heteroatoms. The largest absolute Gasteiger partial charge is 0.495 e. The highest BCUT2D eigenvalue weighted by Gasteiger charge is 2.40. The number of methoxy groups -OCH3 is 1. The Kier molecular flexibility index (Phi) is 2.65. The van der Waals surface area contributed by atoms with Gasteiger partial charge in [-0.25, -0.2) is 0 Å². The molecule has 0 atom stereocenters. The lowest BCUT2D eigenvalue weighted by molar-refractivity contribution is 0.150. The van der Waals surface area contributed by atoms with Gasteiger partial charge in [0.1, 0.15) is 5.75 Å². The first-order valence-corrected chi connectivity index (χ1v) is 5.48. The molecule has 0 aliphatic heterocycles. The summed E-state index contributed by atoms with van der Waals surface area (Å²) in [6, 6.07) is 3.95. The van der Waals surface area contributed by atoms with Crippen molar-refractivity contribution >= 4 is 11.6 Å². The first kappa shape index (κ1) is 10.8. The smallest absolute Gasteiger partial charge is 0.141 e. The molecular weight excluding hydrogens is 212 g/mol. The van der Waals surface area contributed by atoms with Crippen LogP contribution in [0.3, 0.4) is 0 Å². The van der Waals surface area contributed by atoms with Crippen molar-refractivity contribution in [3.8, 4) is 5.75 Å². The standard InChI is InChI=1S/C12H15ClO2/c1-8-3-4-9(7-12(14)5-6-12)11(15-2)10(8)13/h3-4,14H,5-7H2,1-2H3. The molecule has 0 spiro atoms. The van der Waals surface area contributed by atoms with E-state index in [0.717, 1.165) is 24.0 Å². The minimum atomic E-state index is -0.508. The predicted molar refractivity (Wildman–Crippen MR) is 60.6 cm³/mol. The molecule has 0 amide bonds. The predicted octanol–water partition coefficient (Wildman–Crippen LogP) is 2.72. The van der Waals surface area contributed by atoms with Crippen molar-refractivity contribution in [1.29, 1.82) is 0 Å². The maximum absolute atomic E-state index is 9.86. The van der Waals surface area contributed by atoms with E-state index in [0.29, 0.717) is 17.2 Å². The Hall–Kier alpha value is -0.730. The van der Waals surface area contributed by atoms with Gasteiger partial charge in [-0.1, -0.05) is 23.7 Å². The number of aliphatic hydroxyl groups is 1. The summed E-state index contributed by atoms with van der Waals surface area (Å²) in [5, 5.41) is 10.5. The summed E-state index contributed by atoms with van der Waals surface area (Å²) in [5.74, 6) is 0.706. The molecule has 1 aliphatic rings. The summed E-state index contributed by atoms with van der Waals surface area (Å²) in [7, 11) is 1.61. The van der Waals surface area contributed by atoms with E-state index in [-0.39, 0.29) is 0 Å². The summed E-state index contributed by atoms with van der Waals surface area (Å²) >= 11 is 6.14. The number of aryl methyl sites for hydroxylation is 1. The van der Waals surface area contributed by atoms with Crippen LogP contribution in [0.4, 0.5) is 0 Å². The highest BCUT2D eigenvalue weighted by atomic mass is 35.5. The van der Waals surface area contributed by atoms with Gasteiger partial charge in [0.05, 0.1) is 17.7 Å². The number of halogens is 1. The average Bonchev–Trinajstić information content (AvgIpc) is 2.91. The Labute approximate surface area is 94.8 Å². The lowest BCUT2D eigenvalue weighted by Gasteiger charge is -2.14. The van der Waals surface area contributed by atoms with Crippen LogP contribution in [0.1, 0.15) is 24.0 Å². The Morgan fingerprint density at radius 3 is 2.67 bits per heavy atom. The SMILES string of the molecule is COc1c(CC2(O)CC2)ccc(C)c1Cl. The number of hydrogen-bond acceptors (Lipinski definition) is 2. The zero-order valence-electron chi connectivity index (χ0n) is 9.01. The summed E-state index contributed by atoms with van der Waals surface area (Å²) < 4.78 is 5.29. The topological polar surface area (TPSA) is 29.5 Å². The number of benzene rings is 1. The molecule has 2 rings (SSSR count). The van der Waals surface area contributed by atoms with Crippen molar-refractivity contribution in [2.45, 2.75) is 31.8 Å². The third-order valence-corrected chi connectivity index (χ3v) is 3.39. The zero-order valence-corrected chi connectivity index (χ0v) is 9.77. The summed E-state index contributed by atoms with van der Waals surface area (Å²) in [5.41, 5.74) is 1.49. The summed E-state index contributed by atoms with van der Waals surface area (Å²) in [6.45, 7) is 1.94. The first-order valence-electron chi connectivity index (χ1n) is 5.10. The highest BCUT2D eigenvalue weighted by molar-refractivity contribution is 6.32. The Morgan fingerprint density at radius 1 is 1.47 bits per heavy atom. The third kappa shape index (κ3) is 2.11. The molecular formula is C12H15ClO2. The van der Waals surface area contributed by atoms with Crippen molar-refractivity contribution in [2.75, 3.05) is 7.11 Å². The van der Waals surface area contributed by atoms with Crippen LogP contribution in [0.5, 0.6) is 5.75 Å². The van der Waals surface area contributed by atoms with Crippen molar-refractivity contribution in [2.24, 2.45) is 0 Å². The second kappa shape index (κ2) is 3.69. The second-order valence-electron chi connectivity index (χ2n) is 4.29. The molecule has 1 saturated carbocycles. The summed E-state index contributed by atoms with van der Waals surface area (Å²) in [4.78, 5) is 0. The van der Waals surface area contributed by atoms with Crippen molar-refractivity contribution in [3.05, 3.63) is 28.3 Å². The Morgan fingerprint density at radius 2 is 2.13 bits per heavy atom. The molecule has 1 N–H and O–H groups in total. The Balaban J connectivity index is 2.34. The molecule has 0 unspecified atom stereocenters. The molecule has 1 aromatic carbocycles. The van der Waals surface area contributed by atoms with Gasteiger partial charge in [0, 0.05) is 6.42 Å². The van der Waals surface area contributed by atoms with E-state index in [2.05, 4.69) is 0 Å². The molecule has 2 nitrogen and oxygen atoms in total. The van der Waals surface area contributed by atoms with Gasteiger partial charge in [0.2, 0.25) is 0 Å². The van der Waals surface area contributed by atoms with E-state index < -0.39 is 5.60 Å². The normalized spacial score (nSPS) is 17.6. The van der Waals surface area contributed by atoms with Crippen LogP contribution in [-0.4, -0.2) is 17.8 Å². The molecule has 82 valence electrons. The van der Waals surface area contributed by atoms with Gasteiger partial charge in [-0.05, 0) is 30.9 Å². The van der Waals surface area contributed by atoms with Gasteiger partial charge in [-0.2, -0.15) is 0 Å².